The fraction of sp³-hybridized carbons (Fsp3) is 0.333. The van der Waals surface area contributed by atoms with Gasteiger partial charge in [-0.25, -0.2) is 8.42 Å². The minimum Gasteiger partial charge on any atom is -0.365 e. The molecule has 0 radical (unpaired) electrons. The molecule has 9 nitrogen and oxygen atoms in total. The predicted octanol–water partition coefficient (Wildman–Crippen LogP) is 2.43. The highest BCUT2D eigenvalue weighted by Crippen LogP contribution is 2.35. The van der Waals surface area contributed by atoms with Crippen molar-refractivity contribution < 1.29 is 13.3 Å². The number of piperidine rings is 1. The molecular formula is C18H19N5O4S. The van der Waals surface area contributed by atoms with Crippen molar-refractivity contribution in [3.63, 3.8) is 0 Å². The molecule has 3 heterocycles. The maximum atomic E-state index is 11.8. The standard InChI is InChI=1S/C18H19N5O4S/c1-28(26,27)14-7-8-15(16(11-14)23(24)25)21-9-4-5-13(12-21)18-20-19-17-6-2-3-10-22(17)18/h2-3,6-8,10-11,13H,4-5,9,12H2,1H3/t13-/m0/s1. The van der Waals surface area contributed by atoms with Crippen LogP contribution in [0.15, 0.2) is 47.5 Å². The molecule has 0 unspecified atom stereocenters. The van der Waals surface area contributed by atoms with Crippen LogP contribution in [0.1, 0.15) is 24.6 Å². The molecule has 146 valence electrons. The molecule has 0 spiro atoms. The third-order valence-electron chi connectivity index (χ3n) is 5.04. The molecule has 28 heavy (non-hydrogen) atoms. The third-order valence-corrected chi connectivity index (χ3v) is 6.15. The summed E-state index contributed by atoms with van der Waals surface area (Å²) >= 11 is 0. The molecule has 4 rings (SSSR count). The number of anilines is 1. The highest BCUT2D eigenvalue weighted by Gasteiger charge is 2.29. The number of aromatic nitrogens is 3. The van der Waals surface area contributed by atoms with E-state index in [0.29, 0.717) is 18.8 Å². The van der Waals surface area contributed by atoms with Gasteiger partial charge in [0.15, 0.2) is 15.5 Å². The lowest BCUT2D eigenvalue weighted by molar-refractivity contribution is -0.384. The summed E-state index contributed by atoms with van der Waals surface area (Å²) in [5.41, 5.74) is 0.990. The summed E-state index contributed by atoms with van der Waals surface area (Å²) < 4.78 is 25.5. The Morgan fingerprint density at radius 1 is 1.21 bits per heavy atom. The molecule has 0 aliphatic carbocycles. The van der Waals surface area contributed by atoms with Crippen LogP contribution in [0.3, 0.4) is 0 Å². The number of nitro groups is 1. The topological polar surface area (TPSA) is 111 Å². The Balaban J connectivity index is 1.69. The van der Waals surface area contributed by atoms with Crippen molar-refractivity contribution >= 4 is 26.9 Å². The molecule has 2 aromatic heterocycles. The second kappa shape index (κ2) is 6.86. The third kappa shape index (κ3) is 3.31. The van der Waals surface area contributed by atoms with Gasteiger partial charge in [-0.15, -0.1) is 10.2 Å². The van der Waals surface area contributed by atoms with Crippen molar-refractivity contribution in [2.75, 3.05) is 24.2 Å². The van der Waals surface area contributed by atoms with Crippen molar-refractivity contribution in [2.45, 2.75) is 23.7 Å². The Hall–Kier alpha value is -3.01. The molecule has 0 saturated carbocycles. The van der Waals surface area contributed by atoms with Gasteiger partial charge < -0.3 is 4.90 Å². The van der Waals surface area contributed by atoms with E-state index >= 15 is 0 Å². The molecule has 1 atom stereocenters. The lowest BCUT2D eigenvalue weighted by Gasteiger charge is -2.33. The Bertz CT molecular complexity index is 1160. The maximum absolute atomic E-state index is 11.8. The zero-order valence-electron chi connectivity index (χ0n) is 15.2. The van der Waals surface area contributed by atoms with Gasteiger partial charge in [0, 0.05) is 37.5 Å². The summed E-state index contributed by atoms with van der Waals surface area (Å²) in [6.07, 6.45) is 4.70. The first-order chi connectivity index (χ1) is 13.3. The van der Waals surface area contributed by atoms with Crippen molar-refractivity contribution in [1.82, 2.24) is 14.6 Å². The average Bonchev–Trinajstić information content (AvgIpc) is 3.11. The van der Waals surface area contributed by atoms with Crippen molar-refractivity contribution in [1.29, 1.82) is 0 Å². The van der Waals surface area contributed by atoms with Gasteiger partial charge in [0.2, 0.25) is 0 Å². The molecule has 3 aromatic rings. The first-order valence-corrected chi connectivity index (χ1v) is 10.8. The van der Waals surface area contributed by atoms with E-state index in [0.717, 1.165) is 36.6 Å². The molecular weight excluding hydrogens is 382 g/mol. The van der Waals surface area contributed by atoms with Crippen LogP contribution in [0.5, 0.6) is 0 Å². The lowest BCUT2D eigenvalue weighted by atomic mass is 9.96. The highest BCUT2D eigenvalue weighted by molar-refractivity contribution is 7.90. The van der Waals surface area contributed by atoms with E-state index in [4.69, 9.17) is 0 Å². The van der Waals surface area contributed by atoms with Gasteiger partial charge in [-0.1, -0.05) is 6.07 Å². The van der Waals surface area contributed by atoms with Gasteiger partial charge in [0.25, 0.3) is 5.69 Å². The summed E-state index contributed by atoms with van der Waals surface area (Å²) in [5.74, 6) is 0.899. The van der Waals surface area contributed by atoms with Crippen LogP contribution in [-0.2, 0) is 9.84 Å². The SMILES string of the molecule is CS(=O)(=O)c1ccc(N2CCC[C@H](c3nnc4ccccn34)C2)c([N+](=O)[O-])c1. The van der Waals surface area contributed by atoms with E-state index in [2.05, 4.69) is 10.2 Å². The van der Waals surface area contributed by atoms with Gasteiger partial charge in [-0.2, -0.15) is 0 Å². The van der Waals surface area contributed by atoms with E-state index in [1.165, 1.54) is 12.1 Å². The summed E-state index contributed by atoms with van der Waals surface area (Å²) in [7, 11) is -3.52. The number of benzene rings is 1. The molecule has 0 amide bonds. The smallest absolute Gasteiger partial charge is 0.293 e. The predicted molar refractivity (Wildman–Crippen MR) is 103 cm³/mol. The average molecular weight is 401 g/mol. The van der Waals surface area contributed by atoms with E-state index in [1.54, 1.807) is 0 Å². The van der Waals surface area contributed by atoms with Crippen LogP contribution in [0.4, 0.5) is 11.4 Å². The molecule has 1 saturated heterocycles. The molecule has 0 N–H and O–H groups in total. The Morgan fingerprint density at radius 3 is 2.79 bits per heavy atom. The summed E-state index contributed by atoms with van der Waals surface area (Å²) in [4.78, 5) is 12.9. The van der Waals surface area contributed by atoms with Crippen LogP contribution in [-0.4, -0.2) is 47.3 Å². The van der Waals surface area contributed by atoms with Gasteiger partial charge in [-0.3, -0.25) is 14.5 Å². The van der Waals surface area contributed by atoms with E-state index in [1.807, 2.05) is 33.7 Å². The van der Waals surface area contributed by atoms with Gasteiger partial charge in [0.05, 0.1) is 9.82 Å². The van der Waals surface area contributed by atoms with Crippen LogP contribution >= 0.6 is 0 Å². The van der Waals surface area contributed by atoms with E-state index in [9.17, 15) is 18.5 Å². The monoisotopic (exact) mass is 401 g/mol. The summed E-state index contributed by atoms with van der Waals surface area (Å²) in [5, 5.41) is 20.1. The Morgan fingerprint density at radius 2 is 2.04 bits per heavy atom. The number of nitro benzene ring substituents is 1. The molecule has 1 aliphatic heterocycles. The molecule has 0 bridgehead atoms. The fourth-order valence-corrected chi connectivity index (χ4v) is 4.33. The quantitative estimate of drug-likeness (QED) is 0.487. The summed E-state index contributed by atoms with van der Waals surface area (Å²) in [6, 6.07) is 9.78. The van der Waals surface area contributed by atoms with Crippen molar-refractivity contribution in [2.24, 2.45) is 0 Å². The van der Waals surface area contributed by atoms with E-state index < -0.39 is 14.8 Å². The molecule has 1 fully saturated rings. The Labute approximate surface area is 161 Å². The summed E-state index contributed by atoms with van der Waals surface area (Å²) in [6.45, 7) is 1.21. The van der Waals surface area contributed by atoms with Gasteiger partial charge >= 0.3 is 0 Å². The number of rotatable bonds is 4. The van der Waals surface area contributed by atoms with Crippen LogP contribution in [0.25, 0.3) is 5.65 Å². The first-order valence-electron chi connectivity index (χ1n) is 8.88. The van der Waals surface area contributed by atoms with Crippen molar-refractivity contribution in [3.8, 4) is 0 Å². The number of pyridine rings is 1. The van der Waals surface area contributed by atoms with Crippen LogP contribution in [0, 0.1) is 10.1 Å². The fourth-order valence-electron chi connectivity index (χ4n) is 3.69. The second-order valence-corrected chi connectivity index (χ2v) is 8.97. The number of fused-ring (bicyclic) bond motifs is 1. The number of hydrogen-bond acceptors (Lipinski definition) is 7. The Kier molecular flexibility index (Phi) is 4.50. The minimum absolute atomic E-state index is 0.0556. The highest BCUT2D eigenvalue weighted by atomic mass is 32.2. The number of sulfone groups is 1. The van der Waals surface area contributed by atoms with E-state index in [-0.39, 0.29) is 16.5 Å². The molecule has 10 heteroatoms. The number of hydrogen-bond donors (Lipinski definition) is 0. The lowest BCUT2D eigenvalue weighted by Crippen LogP contribution is -2.35. The zero-order valence-corrected chi connectivity index (χ0v) is 16.0. The maximum Gasteiger partial charge on any atom is 0.293 e. The van der Waals surface area contributed by atoms with Crippen molar-refractivity contribution in [3.05, 3.63) is 58.5 Å². The largest absolute Gasteiger partial charge is 0.365 e. The number of nitrogens with zero attached hydrogens (tertiary/aromatic N) is 5. The van der Waals surface area contributed by atoms with Crippen LogP contribution < -0.4 is 4.90 Å². The molecule has 1 aromatic carbocycles. The zero-order chi connectivity index (χ0) is 19.9. The first kappa shape index (κ1) is 18.4. The minimum atomic E-state index is -3.52. The van der Waals surface area contributed by atoms with Gasteiger partial charge in [-0.05, 0) is 37.1 Å². The normalized spacial score (nSPS) is 17.8. The van der Waals surface area contributed by atoms with Gasteiger partial charge in [0.1, 0.15) is 11.5 Å². The van der Waals surface area contributed by atoms with Crippen LogP contribution in [0.2, 0.25) is 0 Å². The second-order valence-electron chi connectivity index (χ2n) is 6.95. The molecule has 1 aliphatic rings.